The van der Waals surface area contributed by atoms with Gasteiger partial charge >= 0.3 is 0 Å². The number of hydrogen-bond acceptors (Lipinski definition) is 10. The first-order chi connectivity index (χ1) is 17.0. The van der Waals surface area contributed by atoms with E-state index in [0.29, 0.717) is 11.5 Å². The van der Waals surface area contributed by atoms with Gasteiger partial charge in [0.05, 0.1) is 18.2 Å². The molecule has 4 N–H and O–H groups in total. The van der Waals surface area contributed by atoms with E-state index in [0.717, 1.165) is 17.1 Å². The van der Waals surface area contributed by atoms with E-state index in [1.54, 1.807) is 12.1 Å². The summed E-state index contributed by atoms with van der Waals surface area (Å²) >= 11 is 6.42. The van der Waals surface area contributed by atoms with Crippen LogP contribution in [-0.2, 0) is 4.79 Å². The van der Waals surface area contributed by atoms with Crippen molar-refractivity contribution in [1.82, 2.24) is 15.1 Å². The Balaban J connectivity index is 1.84. The molecule has 0 spiro atoms. The molecule has 1 amide bonds. The standard InChI is InChI=1S/C24H30ClN5O6/c1-12(2)30(4)20-9-15(6-13(3)27-20)24-28-23(29-36-24)14-7-17(25)21(19(8-14)34-5)35-11-16(31)10-18(32)22(26)33/h6-9,12,16,18,31-32H,10-11H2,1-5H3,(H2,26,33)/t16-,18?/m0/s1. The molecule has 2 heterocycles. The number of aryl methyl sites for hydroxylation is 1. The lowest BCUT2D eigenvalue weighted by Crippen LogP contribution is -2.33. The Morgan fingerprint density at radius 2 is 1.92 bits per heavy atom. The van der Waals surface area contributed by atoms with Gasteiger partial charge in [-0.3, -0.25) is 4.79 Å². The summed E-state index contributed by atoms with van der Waals surface area (Å²) in [6.07, 6.45) is -2.92. The summed E-state index contributed by atoms with van der Waals surface area (Å²) in [5.74, 6) is 0.905. The predicted molar refractivity (Wildman–Crippen MR) is 134 cm³/mol. The van der Waals surface area contributed by atoms with E-state index < -0.39 is 18.1 Å². The van der Waals surface area contributed by atoms with E-state index in [1.165, 1.54) is 7.11 Å². The average molecular weight is 520 g/mol. The number of amides is 1. The molecular formula is C24H30ClN5O6. The van der Waals surface area contributed by atoms with Crippen LogP contribution < -0.4 is 20.1 Å². The number of benzene rings is 1. The molecule has 3 aromatic rings. The van der Waals surface area contributed by atoms with Crippen molar-refractivity contribution in [2.45, 2.75) is 45.4 Å². The van der Waals surface area contributed by atoms with Gasteiger partial charge in [0.2, 0.25) is 11.7 Å². The zero-order valence-corrected chi connectivity index (χ0v) is 21.5. The number of carbonyl (C=O) groups is 1. The summed E-state index contributed by atoms with van der Waals surface area (Å²) in [6.45, 7) is 5.79. The number of aliphatic hydroxyl groups is 2. The number of rotatable bonds is 11. The summed E-state index contributed by atoms with van der Waals surface area (Å²) in [6, 6.07) is 7.20. The third kappa shape index (κ3) is 6.42. The molecule has 12 heteroatoms. The van der Waals surface area contributed by atoms with Crippen molar-refractivity contribution in [2.75, 3.05) is 25.7 Å². The SMILES string of the molecule is COc1cc(-c2noc(-c3cc(C)nc(N(C)C(C)C)c3)n2)cc(Cl)c1OC[C@@H](O)CC(O)C(N)=O. The third-order valence-corrected chi connectivity index (χ3v) is 5.76. The quantitative estimate of drug-likeness (QED) is 0.344. The molecule has 0 bridgehead atoms. The minimum Gasteiger partial charge on any atom is -0.493 e. The lowest BCUT2D eigenvalue weighted by Gasteiger charge is -2.23. The van der Waals surface area contributed by atoms with Crippen LogP contribution in [0, 0.1) is 6.92 Å². The van der Waals surface area contributed by atoms with Crippen LogP contribution in [0.1, 0.15) is 26.0 Å². The molecule has 0 saturated heterocycles. The second kappa shape index (κ2) is 11.5. The van der Waals surface area contributed by atoms with Gasteiger partial charge in [-0.25, -0.2) is 4.98 Å². The summed E-state index contributed by atoms with van der Waals surface area (Å²) < 4.78 is 16.5. The lowest BCUT2D eigenvalue weighted by molar-refractivity contribution is -0.127. The number of carbonyl (C=O) groups excluding carboxylic acids is 1. The van der Waals surface area contributed by atoms with Gasteiger partial charge in [-0.2, -0.15) is 4.98 Å². The number of aliphatic hydroxyl groups excluding tert-OH is 2. The summed E-state index contributed by atoms with van der Waals surface area (Å²) in [5.41, 5.74) is 7.07. The van der Waals surface area contributed by atoms with Crippen LogP contribution in [-0.4, -0.2) is 70.3 Å². The molecular weight excluding hydrogens is 490 g/mol. The number of ether oxygens (including phenoxy) is 2. The smallest absolute Gasteiger partial charge is 0.258 e. The Labute approximate surface area is 213 Å². The molecule has 1 unspecified atom stereocenters. The number of pyridine rings is 1. The van der Waals surface area contributed by atoms with Crippen molar-refractivity contribution >= 4 is 23.3 Å². The minimum absolute atomic E-state index is 0.172. The third-order valence-electron chi connectivity index (χ3n) is 5.48. The highest BCUT2D eigenvalue weighted by Crippen LogP contribution is 2.39. The van der Waals surface area contributed by atoms with Gasteiger partial charge in [0, 0.05) is 36.3 Å². The molecule has 2 atom stereocenters. The van der Waals surface area contributed by atoms with Gasteiger partial charge in [-0.15, -0.1) is 0 Å². The van der Waals surface area contributed by atoms with Crippen LogP contribution in [0.25, 0.3) is 22.8 Å². The van der Waals surface area contributed by atoms with Crippen LogP contribution in [0.2, 0.25) is 5.02 Å². The fraction of sp³-hybridized carbons (Fsp3) is 0.417. The number of nitrogens with two attached hydrogens (primary N) is 1. The van der Waals surface area contributed by atoms with E-state index in [1.807, 2.05) is 31.0 Å². The highest BCUT2D eigenvalue weighted by atomic mass is 35.5. The Kier molecular flexibility index (Phi) is 8.72. The number of primary amides is 1. The molecule has 0 aliphatic rings. The first-order valence-electron chi connectivity index (χ1n) is 11.2. The monoisotopic (exact) mass is 519 g/mol. The summed E-state index contributed by atoms with van der Waals surface area (Å²) in [4.78, 5) is 22.1. The average Bonchev–Trinajstić information content (AvgIpc) is 3.32. The van der Waals surface area contributed by atoms with Crippen molar-refractivity contribution in [2.24, 2.45) is 5.73 Å². The van der Waals surface area contributed by atoms with Gasteiger partial charge in [0.25, 0.3) is 5.89 Å². The second-order valence-corrected chi connectivity index (χ2v) is 9.00. The Morgan fingerprint density at radius 3 is 2.56 bits per heavy atom. The minimum atomic E-state index is -1.48. The van der Waals surface area contributed by atoms with Crippen LogP contribution >= 0.6 is 11.6 Å². The largest absolute Gasteiger partial charge is 0.493 e. The number of anilines is 1. The highest BCUT2D eigenvalue weighted by molar-refractivity contribution is 6.32. The molecule has 2 aromatic heterocycles. The van der Waals surface area contributed by atoms with Crippen LogP contribution in [0.4, 0.5) is 5.82 Å². The predicted octanol–water partition coefficient (Wildman–Crippen LogP) is 2.59. The Morgan fingerprint density at radius 1 is 1.19 bits per heavy atom. The van der Waals surface area contributed by atoms with Crippen molar-refractivity contribution in [3.63, 3.8) is 0 Å². The maximum Gasteiger partial charge on any atom is 0.258 e. The van der Waals surface area contributed by atoms with Gasteiger partial charge in [0.15, 0.2) is 11.5 Å². The van der Waals surface area contributed by atoms with Gasteiger partial charge in [0.1, 0.15) is 18.5 Å². The first-order valence-corrected chi connectivity index (χ1v) is 11.6. The second-order valence-electron chi connectivity index (χ2n) is 8.59. The van der Waals surface area contributed by atoms with Crippen molar-refractivity contribution < 1.29 is 29.0 Å². The molecule has 0 fully saturated rings. The van der Waals surface area contributed by atoms with Gasteiger partial charge in [-0.05, 0) is 45.0 Å². The fourth-order valence-corrected chi connectivity index (χ4v) is 3.55. The van der Waals surface area contributed by atoms with Crippen LogP contribution in [0.3, 0.4) is 0 Å². The maximum absolute atomic E-state index is 11.0. The van der Waals surface area contributed by atoms with Gasteiger partial charge in [-0.1, -0.05) is 16.8 Å². The van der Waals surface area contributed by atoms with Crippen molar-refractivity contribution in [3.05, 3.63) is 35.0 Å². The highest BCUT2D eigenvalue weighted by Gasteiger charge is 2.21. The zero-order chi connectivity index (χ0) is 26.6. The number of hydrogen-bond donors (Lipinski definition) is 3. The Hall–Kier alpha value is -3.41. The van der Waals surface area contributed by atoms with Crippen molar-refractivity contribution in [3.8, 4) is 34.3 Å². The molecule has 0 aliphatic carbocycles. The molecule has 0 radical (unpaired) electrons. The molecule has 194 valence electrons. The van der Waals surface area contributed by atoms with E-state index in [-0.39, 0.29) is 41.4 Å². The first kappa shape index (κ1) is 27.2. The summed E-state index contributed by atoms with van der Waals surface area (Å²) in [7, 11) is 3.40. The Bertz CT molecular complexity index is 1220. The number of aromatic nitrogens is 3. The number of halogens is 1. The van der Waals surface area contributed by atoms with E-state index >= 15 is 0 Å². The molecule has 36 heavy (non-hydrogen) atoms. The van der Waals surface area contributed by atoms with Gasteiger partial charge < -0.3 is 34.8 Å². The number of methoxy groups -OCH3 is 1. The van der Waals surface area contributed by atoms with E-state index in [2.05, 4.69) is 29.0 Å². The van der Waals surface area contributed by atoms with E-state index in [4.69, 9.17) is 31.3 Å². The molecule has 3 rings (SSSR count). The summed E-state index contributed by atoms with van der Waals surface area (Å²) in [5, 5.41) is 23.8. The number of nitrogens with zero attached hydrogens (tertiary/aromatic N) is 4. The normalized spacial score (nSPS) is 12.9. The fourth-order valence-electron chi connectivity index (χ4n) is 3.29. The molecule has 1 aromatic carbocycles. The molecule has 11 nitrogen and oxygen atoms in total. The topological polar surface area (TPSA) is 157 Å². The van der Waals surface area contributed by atoms with Crippen molar-refractivity contribution in [1.29, 1.82) is 0 Å². The lowest BCUT2D eigenvalue weighted by atomic mass is 10.1. The van der Waals surface area contributed by atoms with Crippen LogP contribution in [0.5, 0.6) is 11.5 Å². The zero-order valence-electron chi connectivity index (χ0n) is 20.7. The molecule has 0 aliphatic heterocycles. The van der Waals surface area contributed by atoms with Crippen LogP contribution in [0.15, 0.2) is 28.8 Å². The molecule has 0 saturated carbocycles. The maximum atomic E-state index is 11.0. The van der Waals surface area contributed by atoms with E-state index in [9.17, 15) is 15.0 Å².